The lowest BCUT2D eigenvalue weighted by Gasteiger charge is -2.22. The monoisotopic (exact) mass is 792 g/mol. The van der Waals surface area contributed by atoms with Crippen LogP contribution >= 0.6 is 0 Å². The van der Waals surface area contributed by atoms with Crippen molar-refractivity contribution in [3.05, 3.63) is 88.5 Å². The van der Waals surface area contributed by atoms with Crippen molar-refractivity contribution in [3.8, 4) is 39.8 Å². The van der Waals surface area contributed by atoms with Crippen molar-refractivity contribution in [2.75, 3.05) is 19.6 Å². The number of aliphatic carboxylic acids is 1. The highest BCUT2D eigenvalue weighted by atomic mass is 19.4. The molecule has 2 aromatic heterocycles. The number of ether oxygens (including phenoxy) is 1. The number of fused-ring (bicyclic) bond motifs is 2. The second-order valence-electron chi connectivity index (χ2n) is 14.9. The van der Waals surface area contributed by atoms with Gasteiger partial charge >= 0.3 is 18.8 Å². The van der Waals surface area contributed by atoms with Gasteiger partial charge in [-0.2, -0.15) is 22.0 Å². The van der Waals surface area contributed by atoms with Gasteiger partial charge < -0.3 is 18.7 Å². The Balaban J connectivity index is 1.14. The Kier molecular flexibility index (Phi) is 10.0. The molecule has 0 saturated carbocycles. The number of halogens is 6. The minimum Gasteiger partial charge on any atom is -0.480 e. The summed E-state index contributed by atoms with van der Waals surface area (Å²) in [5.74, 6) is -1.10. The van der Waals surface area contributed by atoms with Crippen molar-refractivity contribution in [1.29, 1.82) is 0 Å². The highest BCUT2D eigenvalue weighted by Crippen LogP contribution is 2.42. The zero-order chi connectivity index (χ0) is 40.3. The van der Waals surface area contributed by atoms with Gasteiger partial charge in [0.25, 0.3) is 0 Å². The maximum absolute atomic E-state index is 14.4. The number of aromatic nitrogens is 2. The highest BCUT2D eigenvalue weighted by Gasteiger charge is 2.37. The first-order valence-corrected chi connectivity index (χ1v) is 18.6. The number of carboxylic acid groups (broad SMARTS) is 1. The number of carbonyl (C=O) groups is 1. The number of rotatable bonds is 10. The first-order valence-electron chi connectivity index (χ1n) is 18.6. The van der Waals surface area contributed by atoms with E-state index in [4.69, 9.17) is 18.6 Å². The molecule has 57 heavy (non-hydrogen) atoms. The van der Waals surface area contributed by atoms with Gasteiger partial charge in [-0.15, -0.1) is 0 Å². The van der Waals surface area contributed by atoms with E-state index in [2.05, 4.69) is 4.98 Å². The Labute approximate surface area is 322 Å². The van der Waals surface area contributed by atoms with E-state index in [1.54, 1.807) is 53.1 Å². The van der Waals surface area contributed by atoms with Crippen LogP contribution in [0.4, 0.5) is 26.3 Å². The number of carboxylic acids is 1. The molecule has 6 aromatic rings. The molecule has 2 aliphatic heterocycles. The van der Waals surface area contributed by atoms with Crippen LogP contribution in [0.1, 0.15) is 47.6 Å². The summed E-state index contributed by atoms with van der Waals surface area (Å²) in [6.07, 6.45) is -4.65. The standard InChI is InChI=1S/C42H38F6N4O5/c1-21-17-51(20-31(21)43)18-24-13-30(42(46,47)48)37-33(14-24)50-39(57-37)29-10-5-8-27(23(29)3)26-7-4-9-28(22(26)2)38-49-32-15-25(19-52-12-6-11-34(52)40(53)54)35(56-41(44)45)16-36(32)55-38/h4-5,7-10,13-16,21,31,34,41H,6,11-12,17-20H2,1-3H3,(H,53,54)/t21-,31+,34+/m1/s1. The van der Waals surface area contributed by atoms with E-state index in [-0.39, 0.29) is 59.8 Å². The minimum absolute atomic E-state index is 0.0135. The molecule has 0 radical (unpaired) electrons. The number of nitrogens with zero attached hydrogens (tertiary/aromatic N) is 4. The Morgan fingerprint density at radius 2 is 1.56 bits per heavy atom. The van der Waals surface area contributed by atoms with Crippen molar-refractivity contribution in [2.24, 2.45) is 5.92 Å². The van der Waals surface area contributed by atoms with Crippen LogP contribution in [0.2, 0.25) is 0 Å². The average molecular weight is 793 g/mol. The third-order valence-electron chi connectivity index (χ3n) is 11.1. The molecule has 8 rings (SSSR count). The third kappa shape index (κ3) is 7.45. The molecule has 4 heterocycles. The van der Waals surface area contributed by atoms with E-state index in [1.165, 1.54) is 6.07 Å². The quantitative estimate of drug-likeness (QED) is 0.136. The predicted octanol–water partition coefficient (Wildman–Crippen LogP) is 10.0. The molecule has 9 nitrogen and oxygen atoms in total. The Hall–Kier alpha value is -5.41. The van der Waals surface area contributed by atoms with Gasteiger partial charge in [0.2, 0.25) is 11.8 Å². The fourth-order valence-corrected chi connectivity index (χ4v) is 8.19. The predicted molar refractivity (Wildman–Crippen MR) is 199 cm³/mol. The summed E-state index contributed by atoms with van der Waals surface area (Å²) in [6.45, 7) is 3.64. The third-order valence-corrected chi connectivity index (χ3v) is 11.1. The number of likely N-dealkylation sites (tertiary alicyclic amines) is 2. The number of alkyl halides is 6. The number of oxazole rings is 2. The molecule has 0 unspecified atom stereocenters. The van der Waals surface area contributed by atoms with Crippen molar-refractivity contribution < 1.29 is 49.8 Å². The molecule has 0 aliphatic carbocycles. The van der Waals surface area contributed by atoms with Crippen LogP contribution in [0.25, 0.3) is 56.2 Å². The van der Waals surface area contributed by atoms with Crippen LogP contribution < -0.4 is 4.74 Å². The summed E-state index contributed by atoms with van der Waals surface area (Å²) >= 11 is 0. The lowest BCUT2D eigenvalue weighted by atomic mass is 9.91. The van der Waals surface area contributed by atoms with Crippen molar-refractivity contribution in [3.63, 3.8) is 0 Å². The largest absolute Gasteiger partial charge is 0.480 e. The summed E-state index contributed by atoms with van der Waals surface area (Å²) in [7, 11) is 0. The van der Waals surface area contributed by atoms with Crippen molar-refractivity contribution in [2.45, 2.75) is 71.7 Å². The zero-order valence-corrected chi connectivity index (χ0v) is 31.2. The van der Waals surface area contributed by atoms with E-state index < -0.39 is 36.5 Å². The summed E-state index contributed by atoms with van der Waals surface area (Å²) in [5, 5.41) is 9.65. The Bertz CT molecular complexity index is 2490. The molecule has 4 aromatic carbocycles. The second kappa shape index (κ2) is 14.8. The van der Waals surface area contributed by atoms with E-state index in [0.29, 0.717) is 59.3 Å². The van der Waals surface area contributed by atoms with E-state index in [0.717, 1.165) is 22.8 Å². The van der Waals surface area contributed by atoms with Crippen molar-refractivity contribution in [1.82, 2.24) is 19.8 Å². The lowest BCUT2D eigenvalue weighted by molar-refractivity contribution is -0.142. The topological polar surface area (TPSA) is 105 Å². The number of benzene rings is 4. The Morgan fingerprint density at radius 3 is 2.18 bits per heavy atom. The van der Waals surface area contributed by atoms with Crippen molar-refractivity contribution >= 4 is 28.2 Å². The number of hydrogen-bond donors (Lipinski definition) is 1. The van der Waals surface area contributed by atoms with Gasteiger partial charge in [-0.25, -0.2) is 14.4 Å². The smallest absolute Gasteiger partial charge is 0.420 e. The average Bonchev–Trinajstić information content (AvgIpc) is 3.94. The summed E-state index contributed by atoms with van der Waals surface area (Å²) in [5.41, 5.74) is 4.04. The molecule has 2 fully saturated rings. The molecular formula is C42H38F6N4O5. The van der Waals surface area contributed by atoms with Crippen LogP contribution in [0.15, 0.2) is 69.5 Å². The molecule has 1 N–H and O–H groups in total. The van der Waals surface area contributed by atoms with Crippen LogP contribution in [-0.2, 0) is 24.1 Å². The van der Waals surface area contributed by atoms with Crippen LogP contribution in [0, 0.1) is 19.8 Å². The summed E-state index contributed by atoms with van der Waals surface area (Å²) in [6, 6.07) is 15.6. The van der Waals surface area contributed by atoms with Gasteiger partial charge in [0.1, 0.15) is 34.6 Å². The molecule has 0 amide bonds. The zero-order valence-electron chi connectivity index (χ0n) is 31.2. The maximum atomic E-state index is 14.4. The van der Waals surface area contributed by atoms with Gasteiger partial charge in [0, 0.05) is 54.9 Å². The highest BCUT2D eigenvalue weighted by molar-refractivity contribution is 5.86. The fraction of sp³-hybridized carbons (Fsp3) is 0.357. The molecule has 15 heteroatoms. The fourth-order valence-electron chi connectivity index (χ4n) is 8.19. The van der Waals surface area contributed by atoms with Gasteiger partial charge in [0.15, 0.2) is 11.2 Å². The summed E-state index contributed by atoms with van der Waals surface area (Å²) < 4.78 is 101. The van der Waals surface area contributed by atoms with E-state index >= 15 is 0 Å². The van der Waals surface area contributed by atoms with Crippen LogP contribution in [0.3, 0.4) is 0 Å². The SMILES string of the molecule is Cc1c(-c2nc3cc(CN4CCC[C@H]4C(=O)O)c(OC(F)F)cc3o2)cccc1-c1cccc(-c2nc3cc(CN4C[C@@H](C)[C@@H](F)C4)cc(C(F)(F)F)c3o2)c1C. The lowest BCUT2D eigenvalue weighted by Crippen LogP contribution is -2.35. The van der Waals surface area contributed by atoms with Gasteiger partial charge in [0.05, 0.1) is 0 Å². The van der Waals surface area contributed by atoms with E-state index in [9.17, 15) is 36.2 Å². The van der Waals surface area contributed by atoms with Crippen LogP contribution in [0.5, 0.6) is 5.75 Å². The van der Waals surface area contributed by atoms with Crippen LogP contribution in [-0.4, -0.2) is 69.3 Å². The van der Waals surface area contributed by atoms with E-state index in [1.807, 2.05) is 26.0 Å². The molecule has 2 aliphatic rings. The van der Waals surface area contributed by atoms with Gasteiger partial charge in [-0.05, 0) is 91.4 Å². The molecule has 298 valence electrons. The molecule has 3 atom stereocenters. The first-order chi connectivity index (χ1) is 27.1. The van der Waals surface area contributed by atoms with Gasteiger partial charge in [-0.3, -0.25) is 14.6 Å². The first kappa shape index (κ1) is 38.5. The second-order valence-corrected chi connectivity index (χ2v) is 14.9. The Morgan fingerprint density at radius 1 is 0.912 bits per heavy atom. The summed E-state index contributed by atoms with van der Waals surface area (Å²) in [4.78, 5) is 24.5. The van der Waals surface area contributed by atoms with Gasteiger partial charge in [-0.1, -0.05) is 31.2 Å². The normalized spacial score (nSPS) is 19.4. The molecular weight excluding hydrogens is 754 g/mol. The maximum Gasteiger partial charge on any atom is 0.420 e. The molecule has 0 spiro atoms. The molecule has 2 saturated heterocycles. The molecule has 0 bridgehead atoms. The minimum atomic E-state index is -4.72. The number of hydrogen-bond acceptors (Lipinski definition) is 8.